The van der Waals surface area contributed by atoms with E-state index in [4.69, 9.17) is 4.52 Å². The fourth-order valence-electron chi connectivity index (χ4n) is 1.44. The van der Waals surface area contributed by atoms with Gasteiger partial charge in [0.1, 0.15) is 5.69 Å². The zero-order valence-corrected chi connectivity index (χ0v) is 9.64. The van der Waals surface area contributed by atoms with Crippen molar-refractivity contribution in [2.24, 2.45) is 7.05 Å². The zero-order chi connectivity index (χ0) is 11.5. The van der Waals surface area contributed by atoms with Crippen molar-refractivity contribution in [3.05, 3.63) is 18.2 Å². The zero-order valence-electron chi connectivity index (χ0n) is 9.64. The third kappa shape index (κ3) is 2.11. The van der Waals surface area contributed by atoms with E-state index in [-0.39, 0.29) is 6.04 Å². The molecule has 1 atom stereocenters. The fourth-order valence-corrected chi connectivity index (χ4v) is 1.44. The van der Waals surface area contributed by atoms with E-state index in [0.29, 0.717) is 11.7 Å². The highest BCUT2D eigenvalue weighted by molar-refractivity contribution is 5.46. The number of rotatable bonds is 4. The smallest absolute Gasteiger partial charge is 0.243 e. The quantitative estimate of drug-likeness (QED) is 0.838. The monoisotopic (exact) mass is 221 g/mol. The minimum atomic E-state index is 0.0648. The third-order valence-corrected chi connectivity index (χ3v) is 2.27. The summed E-state index contributed by atoms with van der Waals surface area (Å²) in [5, 5.41) is 11.3. The molecule has 6 heteroatoms. The first-order valence-corrected chi connectivity index (χ1v) is 5.27. The number of hydrogen-bond acceptors (Lipinski definition) is 5. The van der Waals surface area contributed by atoms with E-state index in [2.05, 4.69) is 20.6 Å². The van der Waals surface area contributed by atoms with Crippen LogP contribution in [0, 0.1) is 0 Å². The largest absolute Gasteiger partial charge is 0.337 e. The van der Waals surface area contributed by atoms with Gasteiger partial charge >= 0.3 is 0 Å². The number of aryl methyl sites for hydroxylation is 1. The van der Waals surface area contributed by atoms with Crippen molar-refractivity contribution in [1.82, 2.24) is 25.2 Å². The molecule has 0 saturated carbocycles. The summed E-state index contributed by atoms with van der Waals surface area (Å²) in [6, 6.07) is 1.92. The second-order valence-corrected chi connectivity index (χ2v) is 3.61. The van der Waals surface area contributed by atoms with Crippen LogP contribution in [0.4, 0.5) is 0 Å². The molecule has 0 spiro atoms. The Morgan fingerprint density at radius 1 is 1.56 bits per heavy atom. The Kier molecular flexibility index (Phi) is 3.00. The molecule has 0 radical (unpaired) electrons. The van der Waals surface area contributed by atoms with Crippen molar-refractivity contribution in [3.63, 3.8) is 0 Å². The molecule has 0 bridgehead atoms. The van der Waals surface area contributed by atoms with Crippen LogP contribution in [0.3, 0.4) is 0 Å². The predicted molar refractivity (Wildman–Crippen MR) is 58.6 cm³/mol. The average molecular weight is 221 g/mol. The van der Waals surface area contributed by atoms with Crippen LogP contribution in [0.5, 0.6) is 0 Å². The number of nitrogens with one attached hydrogen (secondary N) is 1. The SMILES string of the molecule is CCNC(C)c1nc(-c2ccn(C)n2)no1. The highest BCUT2D eigenvalue weighted by Crippen LogP contribution is 2.16. The molecule has 6 nitrogen and oxygen atoms in total. The van der Waals surface area contributed by atoms with Crippen LogP contribution in [0.1, 0.15) is 25.8 Å². The van der Waals surface area contributed by atoms with E-state index < -0.39 is 0 Å². The maximum absolute atomic E-state index is 5.17. The maximum atomic E-state index is 5.17. The highest BCUT2D eigenvalue weighted by atomic mass is 16.5. The van der Waals surface area contributed by atoms with Gasteiger partial charge in [0.15, 0.2) is 0 Å². The van der Waals surface area contributed by atoms with Crippen LogP contribution in [0.2, 0.25) is 0 Å². The second kappa shape index (κ2) is 4.44. The van der Waals surface area contributed by atoms with Crippen LogP contribution in [0.25, 0.3) is 11.5 Å². The van der Waals surface area contributed by atoms with Crippen molar-refractivity contribution in [1.29, 1.82) is 0 Å². The summed E-state index contributed by atoms with van der Waals surface area (Å²) in [7, 11) is 1.85. The van der Waals surface area contributed by atoms with E-state index in [1.807, 2.05) is 33.2 Å². The predicted octanol–water partition coefficient (Wildman–Crippen LogP) is 1.14. The number of nitrogens with zero attached hydrogens (tertiary/aromatic N) is 4. The van der Waals surface area contributed by atoms with Crippen LogP contribution >= 0.6 is 0 Å². The summed E-state index contributed by atoms with van der Waals surface area (Å²) in [6.07, 6.45) is 1.85. The van der Waals surface area contributed by atoms with Crippen LogP contribution in [-0.4, -0.2) is 26.5 Å². The molecular weight excluding hydrogens is 206 g/mol. The summed E-state index contributed by atoms with van der Waals surface area (Å²) >= 11 is 0. The standard InChI is InChI=1S/C10H15N5O/c1-4-11-7(2)10-12-9(14-16-10)8-5-6-15(3)13-8/h5-7,11H,4H2,1-3H3. The molecule has 0 saturated heterocycles. The molecule has 2 aromatic heterocycles. The summed E-state index contributed by atoms with van der Waals surface area (Å²) in [6.45, 7) is 4.88. The lowest BCUT2D eigenvalue weighted by Gasteiger charge is -2.04. The molecule has 1 unspecified atom stereocenters. The molecule has 0 fully saturated rings. The van der Waals surface area contributed by atoms with Crippen molar-refractivity contribution in [3.8, 4) is 11.5 Å². The summed E-state index contributed by atoms with van der Waals surface area (Å²) in [5.74, 6) is 1.11. The second-order valence-electron chi connectivity index (χ2n) is 3.61. The Morgan fingerprint density at radius 2 is 2.38 bits per heavy atom. The van der Waals surface area contributed by atoms with E-state index in [0.717, 1.165) is 12.2 Å². The lowest BCUT2D eigenvalue weighted by atomic mass is 10.3. The average Bonchev–Trinajstić information content (AvgIpc) is 2.85. The van der Waals surface area contributed by atoms with Gasteiger partial charge in [0.25, 0.3) is 0 Å². The molecule has 0 amide bonds. The molecular formula is C10H15N5O. The van der Waals surface area contributed by atoms with Gasteiger partial charge in [-0.05, 0) is 19.5 Å². The minimum Gasteiger partial charge on any atom is -0.337 e. The number of aromatic nitrogens is 4. The Labute approximate surface area is 93.7 Å². The van der Waals surface area contributed by atoms with Crippen LogP contribution in [0.15, 0.2) is 16.8 Å². The maximum Gasteiger partial charge on any atom is 0.243 e. The van der Waals surface area contributed by atoms with E-state index in [1.54, 1.807) is 4.68 Å². The molecule has 1 N–H and O–H groups in total. The Morgan fingerprint density at radius 3 is 3.00 bits per heavy atom. The van der Waals surface area contributed by atoms with Gasteiger partial charge in [-0.3, -0.25) is 4.68 Å². The van der Waals surface area contributed by atoms with Gasteiger partial charge in [-0.1, -0.05) is 12.1 Å². The lowest BCUT2D eigenvalue weighted by Crippen LogP contribution is -2.17. The van der Waals surface area contributed by atoms with E-state index in [1.165, 1.54) is 0 Å². The van der Waals surface area contributed by atoms with Gasteiger partial charge in [0.05, 0.1) is 6.04 Å². The van der Waals surface area contributed by atoms with Crippen LogP contribution < -0.4 is 5.32 Å². The normalized spacial score (nSPS) is 12.9. The first kappa shape index (κ1) is 10.8. The molecule has 2 aromatic rings. The summed E-state index contributed by atoms with van der Waals surface area (Å²) < 4.78 is 6.88. The topological polar surface area (TPSA) is 68.8 Å². The van der Waals surface area contributed by atoms with Gasteiger partial charge in [0, 0.05) is 13.2 Å². The molecule has 2 heterocycles. The molecule has 86 valence electrons. The fraction of sp³-hybridized carbons (Fsp3) is 0.500. The highest BCUT2D eigenvalue weighted by Gasteiger charge is 2.15. The molecule has 0 aliphatic heterocycles. The van der Waals surface area contributed by atoms with Crippen molar-refractivity contribution in [2.75, 3.05) is 6.54 Å². The molecule has 0 aliphatic rings. The molecule has 0 aliphatic carbocycles. The first-order valence-electron chi connectivity index (χ1n) is 5.27. The van der Waals surface area contributed by atoms with Crippen molar-refractivity contribution in [2.45, 2.75) is 19.9 Å². The third-order valence-electron chi connectivity index (χ3n) is 2.27. The summed E-state index contributed by atoms with van der Waals surface area (Å²) in [4.78, 5) is 4.30. The molecule has 2 rings (SSSR count). The van der Waals surface area contributed by atoms with E-state index >= 15 is 0 Å². The Bertz CT molecular complexity index is 461. The first-order chi connectivity index (χ1) is 7.70. The van der Waals surface area contributed by atoms with E-state index in [9.17, 15) is 0 Å². The lowest BCUT2D eigenvalue weighted by molar-refractivity contribution is 0.342. The summed E-state index contributed by atoms with van der Waals surface area (Å²) in [5.41, 5.74) is 0.723. The van der Waals surface area contributed by atoms with Gasteiger partial charge in [-0.25, -0.2) is 0 Å². The van der Waals surface area contributed by atoms with Gasteiger partial charge in [-0.15, -0.1) is 0 Å². The number of hydrogen-bond donors (Lipinski definition) is 1. The molecule has 0 aromatic carbocycles. The van der Waals surface area contributed by atoms with Gasteiger partial charge < -0.3 is 9.84 Å². The minimum absolute atomic E-state index is 0.0648. The van der Waals surface area contributed by atoms with Crippen molar-refractivity contribution < 1.29 is 4.52 Å². The van der Waals surface area contributed by atoms with Crippen LogP contribution in [-0.2, 0) is 7.05 Å². The Hall–Kier alpha value is -1.69. The molecule has 16 heavy (non-hydrogen) atoms. The van der Waals surface area contributed by atoms with Crippen molar-refractivity contribution >= 4 is 0 Å². The van der Waals surface area contributed by atoms with Gasteiger partial charge in [-0.2, -0.15) is 10.1 Å². The Balaban J connectivity index is 2.19. The van der Waals surface area contributed by atoms with Gasteiger partial charge in [0.2, 0.25) is 11.7 Å².